The topological polar surface area (TPSA) is 84.7 Å². The predicted octanol–water partition coefficient (Wildman–Crippen LogP) is 1.79. The summed E-state index contributed by atoms with van der Waals surface area (Å²) in [7, 11) is 0. The van der Waals surface area contributed by atoms with Crippen LogP contribution in [0.1, 0.15) is 30.0 Å². The Morgan fingerprint density at radius 1 is 1.29 bits per heavy atom. The Hall–Kier alpha value is -2.87. The number of carbonyl (C=O) groups excluding carboxylic acids is 1. The highest BCUT2D eigenvalue weighted by molar-refractivity contribution is 5.76. The number of carbonyl (C=O) groups is 1. The standard InChI is InChI=1S/C20H23FN6O/c21-16-4-2-1-3-14(16)5-6-17(28)23-11-12-27-20-19(24-9-10-25-20)18(26-27)15-7-8-22-13-15/h1-4,9-10,15,22H,5-8,11-13H2,(H,23,28)/t15-/m1/s1. The van der Waals surface area contributed by atoms with E-state index in [4.69, 9.17) is 5.10 Å². The van der Waals surface area contributed by atoms with Gasteiger partial charge >= 0.3 is 0 Å². The lowest BCUT2D eigenvalue weighted by Gasteiger charge is -2.07. The normalized spacial score (nSPS) is 16.5. The van der Waals surface area contributed by atoms with Crippen molar-refractivity contribution in [2.24, 2.45) is 0 Å². The van der Waals surface area contributed by atoms with Crippen LogP contribution in [0.4, 0.5) is 4.39 Å². The minimum atomic E-state index is -0.272. The van der Waals surface area contributed by atoms with Gasteiger partial charge in [0.1, 0.15) is 11.3 Å². The molecule has 28 heavy (non-hydrogen) atoms. The summed E-state index contributed by atoms with van der Waals surface area (Å²) in [5, 5.41) is 11.0. The highest BCUT2D eigenvalue weighted by Gasteiger charge is 2.24. The molecule has 4 rings (SSSR count). The van der Waals surface area contributed by atoms with Crippen LogP contribution in [0, 0.1) is 5.82 Å². The Morgan fingerprint density at radius 3 is 2.96 bits per heavy atom. The second kappa shape index (κ2) is 8.43. The highest BCUT2D eigenvalue weighted by Crippen LogP contribution is 2.26. The molecule has 1 aliphatic heterocycles. The summed E-state index contributed by atoms with van der Waals surface area (Å²) >= 11 is 0. The maximum Gasteiger partial charge on any atom is 0.220 e. The van der Waals surface area contributed by atoms with Crippen molar-refractivity contribution in [2.75, 3.05) is 19.6 Å². The third-order valence-corrected chi connectivity index (χ3v) is 5.07. The van der Waals surface area contributed by atoms with Crippen molar-refractivity contribution in [2.45, 2.75) is 31.7 Å². The maximum atomic E-state index is 13.6. The lowest BCUT2D eigenvalue weighted by molar-refractivity contribution is -0.121. The van der Waals surface area contributed by atoms with Gasteiger partial charge in [0.15, 0.2) is 5.65 Å². The summed E-state index contributed by atoms with van der Waals surface area (Å²) < 4.78 is 15.4. The number of amides is 1. The number of nitrogens with zero attached hydrogens (tertiary/aromatic N) is 4. The maximum absolute atomic E-state index is 13.6. The van der Waals surface area contributed by atoms with Gasteiger partial charge in [-0.25, -0.2) is 19.0 Å². The van der Waals surface area contributed by atoms with E-state index in [2.05, 4.69) is 20.6 Å². The van der Waals surface area contributed by atoms with Gasteiger partial charge in [0.2, 0.25) is 5.91 Å². The molecule has 0 radical (unpaired) electrons. The molecular weight excluding hydrogens is 359 g/mol. The van der Waals surface area contributed by atoms with Crippen molar-refractivity contribution >= 4 is 17.1 Å². The molecule has 1 aliphatic rings. The Bertz CT molecular complexity index is 966. The molecule has 0 unspecified atom stereocenters. The van der Waals surface area contributed by atoms with Crippen LogP contribution in [-0.4, -0.2) is 45.3 Å². The van der Waals surface area contributed by atoms with Crippen LogP contribution in [0.2, 0.25) is 0 Å². The van der Waals surface area contributed by atoms with Gasteiger partial charge in [0.05, 0.1) is 12.2 Å². The molecule has 1 fully saturated rings. The van der Waals surface area contributed by atoms with Crippen LogP contribution >= 0.6 is 0 Å². The molecule has 0 spiro atoms. The van der Waals surface area contributed by atoms with E-state index < -0.39 is 0 Å². The molecule has 2 N–H and O–H groups in total. The van der Waals surface area contributed by atoms with Crippen molar-refractivity contribution in [3.05, 3.63) is 53.7 Å². The fourth-order valence-corrected chi connectivity index (χ4v) is 3.58. The minimum Gasteiger partial charge on any atom is -0.354 e. The van der Waals surface area contributed by atoms with E-state index in [0.29, 0.717) is 31.0 Å². The number of benzene rings is 1. The van der Waals surface area contributed by atoms with Crippen LogP contribution in [-0.2, 0) is 17.8 Å². The van der Waals surface area contributed by atoms with Crippen molar-refractivity contribution < 1.29 is 9.18 Å². The Balaban J connectivity index is 1.35. The van der Waals surface area contributed by atoms with Gasteiger partial charge in [-0.05, 0) is 31.0 Å². The molecular formula is C20H23FN6O. The van der Waals surface area contributed by atoms with Crippen molar-refractivity contribution in [1.29, 1.82) is 0 Å². The van der Waals surface area contributed by atoms with E-state index in [1.807, 2.05) is 4.68 Å². The fourth-order valence-electron chi connectivity index (χ4n) is 3.58. The van der Waals surface area contributed by atoms with Gasteiger partial charge in [-0.1, -0.05) is 18.2 Å². The van der Waals surface area contributed by atoms with Gasteiger partial charge in [-0.2, -0.15) is 5.10 Å². The van der Waals surface area contributed by atoms with Gasteiger partial charge in [-0.3, -0.25) is 4.79 Å². The lowest BCUT2D eigenvalue weighted by atomic mass is 10.0. The number of nitrogens with one attached hydrogen (secondary N) is 2. The Labute approximate surface area is 162 Å². The first-order valence-electron chi connectivity index (χ1n) is 9.60. The molecule has 1 saturated heterocycles. The summed E-state index contributed by atoms with van der Waals surface area (Å²) in [5.41, 5.74) is 3.10. The Kier molecular flexibility index (Phi) is 5.57. The van der Waals surface area contributed by atoms with Crippen molar-refractivity contribution in [3.63, 3.8) is 0 Å². The molecule has 2 aromatic heterocycles. The van der Waals surface area contributed by atoms with Crippen LogP contribution < -0.4 is 10.6 Å². The average Bonchev–Trinajstić information content (AvgIpc) is 3.36. The summed E-state index contributed by atoms with van der Waals surface area (Å²) in [5.74, 6) is -0.0346. The third kappa shape index (κ3) is 4.01. The Morgan fingerprint density at radius 2 is 2.14 bits per heavy atom. The molecule has 0 saturated carbocycles. The monoisotopic (exact) mass is 382 g/mol. The molecule has 1 atom stereocenters. The summed E-state index contributed by atoms with van der Waals surface area (Å²) in [6, 6.07) is 6.54. The van der Waals surface area contributed by atoms with Crippen LogP contribution in [0.3, 0.4) is 0 Å². The van der Waals surface area contributed by atoms with Gasteiger partial charge < -0.3 is 10.6 Å². The fraction of sp³-hybridized carbons (Fsp3) is 0.400. The number of aromatic nitrogens is 4. The quantitative estimate of drug-likeness (QED) is 0.651. The zero-order chi connectivity index (χ0) is 19.3. The largest absolute Gasteiger partial charge is 0.354 e. The number of rotatable bonds is 7. The number of aryl methyl sites for hydroxylation is 1. The van der Waals surface area contributed by atoms with E-state index in [-0.39, 0.29) is 18.1 Å². The molecule has 3 heterocycles. The highest BCUT2D eigenvalue weighted by atomic mass is 19.1. The zero-order valence-corrected chi connectivity index (χ0v) is 15.6. The molecule has 7 nitrogen and oxygen atoms in total. The first-order valence-corrected chi connectivity index (χ1v) is 9.60. The van der Waals surface area contributed by atoms with E-state index in [1.54, 1.807) is 30.6 Å². The molecule has 8 heteroatoms. The second-order valence-electron chi connectivity index (χ2n) is 6.97. The summed E-state index contributed by atoms with van der Waals surface area (Å²) in [6.07, 6.45) is 5.01. The number of halogens is 1. The van der Waals surface area contributed by atoms with Gasteiger partial charge in [0.25, 0.3) is 0 Å². The molecule has 0 bridgehead atoms. The summed E-state index contributed by atoms with van der Waals surface area (Å²) in [6.45, 7) is 2.83. The lowest BCUT2D eigenvalue weighted by Crippen LogP contribution is -2.27. The molecule has 146 valence electrons. The van der Waals surface area contributed by atoms with Crippen molar-refractivity contribution in [1.82, 2.24) is 30.4 Å². The summed E-state index contributed by atoms with van der Waals surface area (Å²) in [4.78, 5) is 21.0. The van der Waals surface area contributed by atoms with Crippen LogP contribution in [0.15, 0.2) is 36.7 Å². The third-order valence-electron chi connectivity index (χ3n) is 5.07. The van der Waals surface area contributed by atoms with E-state index in [1.165, 1.54) is 6.07 Å². The SMILES string of the molecule is O=C(CCc1ccccc1F)NCCn1nc([C@@H]2CCNC2)c2nccnc21. The first-order chi connectivity index (χ1) is 13.7. The molecule has 3 aromatic rings. The zero-order valence-electron chi connectivity index (χ0n) is 15.6. The van der Waals surface area contributed by atoms with E-state index >= 15 is 0 Å². The number of hydrogen-bond donors (Lipinski definition) is 2. The molecule has 1 aromatic carbocycles. The second-order valence-corrected chi connectivity index (χ2v) is 6.97. The van der Waals surface area contributed by atoms with Crippen molar-refractivity contribution in [3.8, 4) is 0 Å². The number of fused-ring (bicyclic) bond motifs is 1. The molecule has 0 aliphatic carbocycles. The van der Waals surface area contributed by atoms with Crippen LogP contribution in [0.5, 0.6) is 0 Å². The van der Waals surface area contributed by atoms with E-state index in [9.17, 15) is 9.18 Å². The average molecular weight is 382 g/mol. The first kappa shape index (κ1) is 18.5. The number of hydrogen-bond acceptors (Lipinski definition) is 5. The minimum absolute atomic E-state index is 0.106. The smallest absolute Gasteiger partial charge is 0.220 e. The van der Waals surface area contributed by atoms with Gasteiger partial charge in [-0.15, -0.1) is 0 Å². The van der Waals surface area contributed by atoms with Gasteiger partial charge in [0, 0.05) is 37.8 Å². The van der Waals surface area contributed by atoms with E-state index in [0.717, 1.165) is 36.4 Å². The predicted molar refractivity (Wildman–Crippen MR) is 103 cm³/mol. The van der Waals surface area contributed by atoms with Crippen LogP contribution in [0.25, 0.3) is 11.2 Å². The molecule has 1 amide bonds.